The van der Waals surface area contributed by atoms with Crippen LogP contribution in [0.15, 0.2) is 23.1 Å². The third kappa shape index (κ3) is 2.89. The van der Waals surface area contributed by atoms with E-state index in [-0.39, 0.29) is 18.5 Å². The first-order valence-electron chi connectivity index (χ1n) is 6.43. The van der Waals surface area contributed by atoms with Crippen LogP contribution in [0.2, 0.25) is 0 Å². The van der Waals surface area contributed by atoms with E-state index in [2.05, 4.69) is 0 Å². The summed E-state index contributed by atoms with van der Waals surface area (Å²) in [5.74, 6) is -1.08. The van der Waals surface area contributed by atoms with Crippen molar-refractivity contribution in [2.24, 2.45) is 11.7 Å². The summed E-state index contributed by atoms with van der Waals surface area (Å²) >= 11 is 0. The first-order chi connectivity index (χ1) is 9.77. The Labute approximate surface area is 121 Å². The van der Waals surface area contributed by atoms with E-state index in [1.165, 1.54) is 4.31 Å². The summed E-state index contributed by atoms with van der Waals surface area (Å²) < 4.78 is 40.1. The van der Waals surface area contributed by atoms with Crippen LogP contribution < -0.4 is 5.73 Å². The lowest BCUT2D eigenvalue weighted by atomic mass is 10.1. The van der Waals surface area contributed by atoms with Gasteiger partial charge in [-0.1, -0.05) is 0 Å². The number of nitro benzene ring substituents is 1. The van der Waals surface area contributed by atoms with Crippen LogP contribution in [0.1, 0.15) is 13.3 Å². The number of non-ortho nitro benzene ring substituents is 1. The van der Waals surface area contributed by atoms with E-state index >= 15 is 0 Å². The zero-order chi connectivity index (χ0) is 15.8. The number of hydrogen-bond donors (Lipinski definition) is 1. The standard InChI is InChI=1S/C12H16FN3O4S/c1-8-4-9(6-14)7-15(8)21(19,20)12-3-2-10(16(17)18)5-11(12)13/h2-3,5,8-9H,4,6-7,14H2,1H3. The Balaban J connectivity index is 2.38. The van der Waals surface area contributed by atoms with Gasteiger partial charge in [0.2, 0.25) is 10.0 Å². The zero-order valence-electron chi connectivity index (χ0n) is 11.4. The van der Waals surface area contributed by atoms with E-state index in [0.29, 0.717) is 19.0 Å². The maximum absolute atomic E-state index is 13.9. The average molecular weight is 317 g/mol. The summed E-state index contributed by atoms with van der Waals surface area (Å²) in [4.78, 5) is 9.25. The molecule has 1 aromatic rings. The monoisotopic (exact) mass is 317 g/mol. The molecule has 0 saturated carbocycles. The molecule has 1 aliphatic heterocycles. The van der Waals surface area contributed by atoms with Crippen molar-refractivity contribution in [3.63, 3.8) is 0 Å². The number of halogens is 1. The van der Waals surface area contributed by atoms with Crippen molar-refractivity contribution in [2.45, 2.75) is 24.3 Å². The van der Waals surface area contributed by atoms with Crippen molar-refractivity contribution in [1.82, 2.24) is 4.31 Å². The SMILES string of the molecule is CC1CC(CN)CN1S(=O)(=O)c1ccc([N+](=O)[O-])cc1F. The van der Waals surface area contributed by atoms with Gasteiger partial charge in [0.15, 0.2) is 0 Å². The van der Waals surface area contributed by atoms with Gasteiger partial charge in [-0.15, -0.1) is 0 Å². The third-order valence-electron chi connectivity index (χ3n) is 3.65. The molecule has 1 aromatic carbocycles. The Morgan fingerprint density at radius 3 is 2.67 bits per heavy atom. The molecular formula is C12H16FN3O4S. The van der Waals surface area contributed by atoms with Crippen molar-refractivity contribution < 1.29 is 17.7 Å². The predicted octanol–water partition coefficient (Wildman–Crippen LogP) is 1.09. The van der Waals surface area contributed by atoms with Crippen LogP contribution in [0.5, 0.6) is 0 Å². The molecule has 2 unspecified atom stereocenters. The Morgan fingerprint density at radius 2 is 2.19 bits per heavy atom. The normalized spacial score (nSPS) is 23.4. The van der Waals surface area contributed by atoms with Gasteiger partial charge in [0.05, 0.1) is 11.0 Å². The Hall–Kier alpha value is -1.58. The van der Waals surface area contributed by atoms with Crippen LogP contribution in [0.25, 0.3) is 0 Å². The van der Waals surface area contributed by atoms with Crippen LogP contribution >= 0.6 is 0 Å². The number of hydrogen-bond acceptors (Lipinski definition) is 5. The summed E-state index contributed by atoms with van der Waals surface area (Å²) in [6, 6.07) is 2.26. The fourth-order valence-corrected chi connectivity index (χ4v) is 4.32. The van der Waals surface area contributed by atoms with Gasteiger partial charge >= 0.3 is 0 Å². The van der Waals surface area contributed by atoms with Crippen LogP contribution in [0.3, 0.4) is 0 Å². The molecule has 0 radical (unpaired) electrons. The highest BCUT2D eigenvalue weighted by Gasteiger charge is 2.38. The van der Waals surface area contributed by atoms with E-state index < -0.39 is 31.3 Å². The lowest BCUT2D eigenvalue weighted by molar-refractivity contribution is -0.385. The van der Waals surface area contributed by atoms with E-state index in [0.717, 1.165) is 12.1 Å². The molecule has 21 heavy (non-hydrogen) atoms. The van der Waals surface area contributed by atoms with Gasteiger partial charge < -0.3 is 5.73 Å². The summed E-state index contributed by atoms with van der Waals surface area (Å²) in [7, 11) is -4.02. The van der Waals surface area contributed by atoms with E-state index in [1.807, 2.05) is 0 Å². The van der Waals surface area contributed by atoms with Gasteiger partial charge in [0.1, 0.15) is 10.7 Å². The van der Waals surface area contributed by atoms with Gasteiger partial charge in [-0.2, -0.15) is 4.31 Å². The number of benzene rings is 1. The average Bonchev–Trinajstić information content (AvgIpc) is 2.80. The molecule has 0 aliphatic carbocycles. The minimum absolute atomic E-state index is 0.0379. The predicted molar refractivity (Wildman–Crippen MR) is 73.6 cm³/mol. The largest absolute Gasteiger partial charge is 0.330 e. The van der Waals surface area contributed by atoms with Crippen molar-refractivity contribution in [2.75, 3.05) is 13.1 Å². The minimum atomic E-state index is -4.02. The maximum Gasteiger partial charge on any atom is 0.272 e. The van der Waals surface area contributed by atoms with Crippen molar-refractivity contribution in [3.05, 3.63) is 34.1 Å². The Bertz CT molecular complexity index is 664. The van der Waals surface area contributed by atoms with Crippen molar-refractivity contribution in [1.29, 1.82) is 0 Å². The second-order valence-corrected chi connectivity index (χ2v) is 6.99. The summed E-state index contributed by atoms with van der Waals surface area (Å²) in [6.45, 7) is 2.33. The van der Waals surface area contributed by atoms with Crippen molar-refractivity contribution >= 4 is 15.7 Å². The molecule has 2 N–H and O–H groups in total. The molecule has 1 heterocycles. The minimum Gasteiger partial charge on any atom is -0.330 e. The van der Waals surface area contributed by atoms with Crippen LogP contribution in [0.4, 0.5) is 10.1 Å². The van der Waals surface area contributed by atoms with Gasteiger partial charge in [-0.05, 0) is 31.9 Å². The fraction of sp³-hybridized carbons (Fsp3) is 0.500. The maximum atomic E-state index is 13.9. The van der Waals surface area contributed by atoms with Crippen LogP contribution in [0, 0.1) is 21.8 Å². The van der Waals surface area contributed by atoms with Crippen molar-refractivity contribution in [3.8, 4) is 0 Å². The van der Waals surface area contributed by atoms with Gasteiger partial charge in [0, 0.05) is 18.7 Å². The molecule has 0 amide bonds. The lowest BCUT2D eigenvalue weighted by Gasteiger charge is -2.21. The molecule has 1 aliphatic rings. The molecule has 1 fully saturated rings. The highest BCUT2D eigenvalue weighted by Crippen LogP contribution is 2.31. The summed E-state index contributed by atoms with van der Waals surface area (Å²) in [5.41, 5.74) is 5.07. The second-order valence-electron chi connectivity index (χ2n) is 5.13. The Morgan fingerprint density at radius 1 is 1.52 bits per heavy atom. The number of nitrogens with zero attached hydrogens (tertiary/aromatic N) is 2. The van der Waals surface area contributed by atoms with Crippen LogP contribution in [-0.2, 0) is 10.0 Å². The lowest BCUT2D eigenvalue weighted by Crippen LogP contribution is -2.35. The molecule has 0 spiro atoms. The number of rotatable bonds is 4. The molecule has 9 heteroatoms. The highest BCUT2D eigenvalue weighted by atomic mass is 32.2. The topological polar surface area (TPSA) is 107 Å². The van der Waals surface area contributed by atoms with E-state index in [4.69, 9.17) is 5.73 Å². The van der Waals surface area contributed by atoms with E-state index in [1.54, 1.807) is 6.92 Å². The first-order valence-corrected chi connectivity index (χ1v) is 7.87. The van der Waals surface area contributed by atoms with Crippen LogP contribution in [-0.4, -0.2) is 36.8 Å². The first kappa shape index (κ1) is 15.8. The molecule has 0 aromatic heterocycles. The fourth-order valence-electron chi connectivity index (χ4n) is 2.55. The van der Waals surface area contributed by atoms with Gasteiger partial charge in [-0.3, -0.25) is 10.1 Å². The number of sulfonamides is 1. The third-order valence-corrected chi connectivity index (χ3v) is 5.66. The number of nitrogens with two attached hydrogens (primary N) is 1. The molecule has 1 saturated heterocycles. The quantitative estimate of drug-likeness (QED) is 0.661. The molecule has 116 valence electrons. The zero-order valence-corrected chi connectivity index (χ0v) is 12.2. The molecule has 2 rings (SSSR count). The molecule has 2 atom stereocenters. The van der Waals surface area contributed by atoms with Gasteiger partial charge in [-0.25, -0.2) is 12.8 Å². The highest BCUT2D eigenvalue weighted by molar-refractivity contribution is 7.89. The number of nitro groups is 1. The van der Waals surface area contributed by atoms with Gasteiger partial charge in [0.25, 0.3) is 5.69 Å². The Kier molecular flexibility index (Phi) is 4.26. The summed E-state index contributed by atoms with van der Waals surface area (Å²) in [6.07, 6.45) is 0.615. The van der Waals surface area contributed by atoms with E-state index in [9.17, 15) is 22.9 Å². The molecular weight excluding hydrogens is 301 g/mol. The molecule has 7 nitrogen and oxygen atoms in total. The second kappa shape index (κ2) is 5.66. The summed E-state index contributed by atoms with van der Waals surface area (Å²) in [5, 5.41) is 10.6. The smallest absolute Gasteiger partial charge is 0.272 e. The molecule has 0 bridgehead atoms.